The minimum absolute atomic E-state index is 0.135. The molecule has 5 heteroatoms. The van der Waals surface area contributed by atoms with Crippen LogP contribution < -0.4 is 10.9 Å². The molecule has 0 saturated carbocycles. The summed E-state index contributed by atoms with van der Waals surface area (Å²) >= 11 is 6.20. The zero-order chi connectivity index (χ0) is 16.2. The van der Waals surface area contributed by atoms with Gasteiger partial charge in [0.2, 0.25) is 0 Å². The maximum atomic E-state index is 12.4. The van der Waals surface area contributed by atoms with Crippen LogP contribution in [-0.4, -0.2) is 9.78 Å². The number of hydrogen-bond donors (Lipinski definition) is 1. The normalized spacial score (nSPS) is 10.5. The lowest BCUT2D eigenvalue weighted by atomic mass is 10.1. The van der Waals surface area contributed by atoms with Gasteiger partial charge < -0.3 is 5.32 Å². The molecule has 0 spiro atoms. The van der Waals surface area contributed by atoms with Gasteiger partial charge in [-0.05, 0) is 24.6 Å². The Bertz CT molecular complexity index is 858. The molecule has 0 atom stereocenters. The molecule has 3 aromatic rings. The summed E-state index contributed by atoms with van der Waals surface area (Å²) in [4.78, 5) is 12.4. The second-order valence-corrected chi connectivity index (χ2v) is 5.64. The van der Waals surface area contributed by atoms with Crippen molar-refractivity contribution in [2.75, 3.05) is 5.32 Å². The molecule has 23 heavy (non-hydrogen) atoms. The van der Waals surface area contributed by atoms with E-state index in [0.29, 0.717) is 17.9 Å². The minimum atomic E-state index is -0.341. The third-order valence-corrected chi connectivity index (χ3v) is 3.89. The second-order valence-electron chi connectivity index (χ2n) is 5.26. The van der Waals surface area contributed by atoms with Gasteiger partial charge in [-0.2, -0.15) is 9.78 Å². The van der Waals surface area contributed by atoms with Crippen molar-refractivity contribution in [1.82, 2.24) is 9.78 Å². The zero-order valence-electron chi connectivity index (χ0n) is 12.7. The molecule has 1 heterocycles. The average Bonchev–Trinajstić information content (AvgIpc) is 2.58. The maximum Gasteiger partial charge on any atom is 0.292 e. The monoisotopic (exact) mass is 325 g/mol. The number of aromatic nitrogens is 2. The minimum Gasteiger partial charge on any atom is -0.378 e. The second kappa shape index (κ2) is 6.67. The van der Waals surface area contributed by atoms with Crippen LogP contribution in [0.5, 0.6) is 0 Å². The van der Waals surface area contributed by atoms with Gasteiger partial charge in [0, 0.05) is 6.54 Å². The number of halogens is 1. The molecule has 0 saturated heterocycles. The zero-order valence-corrected chi connectivity index (χ0v) is 13.4. The Morgan fingerprint density at radius 3 is 2.48 bits per heavy atom. The van der Waals surface area contributed by atoms with Crippen molar-refractivity contribution < 1.29 is 0 Å². The van der Waals surface area contributed by atoms with Crippen LogP contribution in [0.4, 0.5) is 5.69 Å². The number of anilines is 1. The van der Waals surface area contributed by atoms with Gasteiger partial charge in [0.1, 0.15) is 5.02 Å². The number of rotatable bonds is 4. The fourth-order valence-electron chi connectivity index (χ4n) is 2.21. The van der Waals surface area contributed by atoms with Crippen molar-refractivity contribution in [3.63, 3.8) is 0 Å². The number of benzene rings is 2. The first-order chi connectivity index (χ1) is 11.1. The molecule has 0 bridgehead atoms. The maximum absolute atomic E-state index is 12.4. The van der Waals surface area contributed by atoms with E-state index in [9.17, 15) is 4.79 Å². The van der Waals surface area contributed by atoms with E-state index in [1.165, 1.54) is 10.2 Å². The number of aryl methyl sites for hydroxylation is 1. The summed E-state index contributed by atoms with van der Waals surface area (Å²) < 4.78 is 1.29. The Hall–Kier alpha value is -2.59. The Morgan fingerprint density at radius 2 is 1.78 bits per heavy atom. The smallest absolute Gasteiger partial charge is 0.292 e. The molecule has 0 unspecified atom stereocenters. The predicted molar refractivity (Wildman–Crippen MR) is 93.3 cm³/mol. The summed E-state index contributed by atoms with van der Waals surface area (Å²) in [6.07, 6.45) is 1.57. The van der Waals surface area contributed by atoms with Crippen molar-refractivity contribution in [2.24, 2.45) is 0 Å². The molecule has 0 radical (unpaired) electrons. The van der Waals surface area contributed by atoms with Crippen molar-refractivity contribution in [3.8, 4) is 5.69 Å². The van der Waals surface area contributed by atoms with Crippen molar-refractivity contribution in [2.45, 2.75) is 13.5 Å². The largest absolute Gasteiger partial charge is 0.378 e. The molecule has 4 nitrogen and oxygen atoms in total. The first-order valence-electron chi connectivity index (χ1n) is 7.28. The third kappa shape index (κ3) is 3.43. The van der Waals surface area contributed by atoms with Crippen LogP contribution in [0, 0.1) is 6.92 Å². The summed E-state index contributed by atoms with van der Waals surface area (Å²) in [6.45, 7) is 2.62. The third-order valence-electron chi connectivity index (χ3n) is 3.52. The van der Waals surface area contributed by atoms with Gasteiger partial charge in [-0.1, -0.05) is 59.6 Å². The summed E-state index contributed by atoms with van der Waals surface area (Å²) in [5.74, 6) is 0. The molecule has 2 aromatic carbocycles. The van der Waals surface area contributed by atoms with Gasteiger partial charge in [0.25, 0.3) is 5.56 Å². The highest BCUT2D eigenvalue weighted by Gasteiger charge is 2.10. The summed E-state index contributed by atoms with van der Waals surface area (Å²) in [6, 6.07) is 17.4. The molecular formula is C18H16ClN3O. The average molecular weight is 326 g/mol. The molecule has 1 N–H and O–H groups in total. The van der Waals surface area contributed by atoms with E-state index in [2.05, 4.69) is 10.4 Å². The van der Waals surface area contributed by atoms with E-state index in [1.807, 2.05) is 61.5 Å². The Balaban J connectivity index is 1.83. The van der Waals surface area contributed by atoms with Crippen molar-refractivity contribution in [3.05, 3.63) is 87.3 Å². The van der Waals surface area contributed by atoms with E-state index < -0.39 is 0 Å². The highest BCUT2D eigenvalue weighted by Crippen LogP contribution is 2.17. The van der Waals surface area contributed by atoms with Crippen molar-refractivity contribution in [1.29, 1.82) is 0 Å². The van der Waals surface area contributed by atoms with Gasteiger partial charge >= 0.3 is 0 Å². The number of nitrogens with one attached hydrogen (secondary N) is 1. The van der Waals surface area contributed by atoms with Gasteiger partial charge in [-0.15, -0.1) is 0 Å². The SMILES string of the molecule is Cc1ccc(CNc2cnn(-c3ccccc3)c(=O)c2Cl)cc1. The van der Waals surface area contributed by atoms with Gasteiger partial charge in [0.15, 0.2) is 0 Å². The molecule has 116 valence electrons. The van der Waals surface area contributed by atoms with Crippen LogP contribution in [0.3, 0.4) is 0 Å². The lowest BCUT2D eigenvalue weighted by Crippen LogP contribution is -2.22. The summed E-state index contributed by atoms with van der Waals surface area (Å²) in [7, 11) is 0. The van der Waals surface area contributed by atoms with Crippen LogP contribution in [-0.2, 0) is 6.54 Å². The molecule has 0 amide bonds. The Labute approximate surface area is 139 Å². The van der Waals surface area contributed by atoms with E-state index in [4.69, 9.17) is 11.6 Å². The molecule has 1 aromatic heterocycles. The van der Waals surface area contributed by atoms with E-state index in [1.54, 1.807) is 6.20 Å². The van der Waals surface area contributed by atoms with Crippen molar-refractivity contribution >= 4 is 17.3 Å². The molecule has 0 fully saturated rings. The highest BCUT2D eigenvalue weighted by atomic mass is 35.5. The van der Waals surface area contributed by atoms with E-state index in [0.717, 1.165) is 5.56 Å². The summed E-state index contributed by atoms with van der Waals surface area (Å²) in [5, 5.41) is 7.49. The number of nitrogens with zero attached hydrogens (tertiary/aromatic N) is 2. The first kappa shape index (κ1) is 15.3. The van der Waals surface area contributed by atoms with Gasteiger partial charge in [0.05, 0.1) is 17.6 Å². The van der Waals surface area contributed by atoms with E-state index >= 15 is 0 Å². The number of para-hydroxylation sites is 1. The number of hydrogen-bond acceptors (Lipinski definition) is 3. The fourth-order valence-corrected chi connectivity index (χ4v) is 2.41. The quantitative estimate of drug-likeness (QED) is 0.793. The van der Waals surface area contributed by atoms with Crippen LogP contribution in [0.2, 0.25) is 5.02 Å². The van der Waals surface area contributed by atoms with Crippen LogP contribution in [0.25, 0.3) is 5.69 Å². The standard InChI is InChI=1S/C18H16ClN3O/c1-13-7-9-14(10-8-13)11-20-16-12-21-22(18(23)17(16)19)15-5-3-2-4-6-15/h2-10,12,20H,11H2,1H3. The highest BCUT2D eigenvalue weighted by molar-refractivity contribution is 6.32. The van der Waals surface area contributed by atoms with Gasteiger partial charge in [-0.3, -0.25) is 4.79 Å². The van der Waals surface area contributed by atoms with Gasteiger partial charge in [-0.25, -0.2) is 0 Å². The molecular weight excluding hydrogens is 310 g/mol. The molecule has 0 aliphatic rings. The predicted octanol–water partition coefficient (Wildman–Crippen LogP) is 3.81. The molecule has 3 rings (SSSR count). The lowest BCUT2D eigenvalue weighted by Gasteiger charge is -2.10. The topological polar surface area (TPSA) is 46.9 Å². The Kier molecular flexibility index (Phi) is 4.44. The van der Waals surface area contributed by atoms with Crippen LogP contribution in [0.15, 0.2) is 65.6 Å². The van der Waals surface area contributed by atoms with Crippen LogP contribution >= 0.6 is 11.6 Å². The Morgan fingerprint density at radius 1 is 1.09 bits per heavy atom. The van der Waals surface area contributed by atoms with E-state index in [-0.39, 0.29) is 10.6 Å². The molecule has 0 aliphatic carbocycles. The molecule has 0 aliphatic heterocycles. The van der Waals surface area contributed by atoms with Crippen LogP contribution in [0.1, 0.15) is 11.1 Å². The first-order valence-corrected chi connectivity index (χ1v) is 7.65. The lowest BCUT2D eigenvalue weighted by molar-refractivity contribution is 0.807. The summed E-state index contributed by atoms with van der Waals surface area (Å²) in [5.41, 5.74) is 3.19. The fraction of sp³-hybridized carbons (Fsp3) is 0.111.